The summed E-state index contributed by atoms with van der Waals surface area (Å²) in [6.45, 7) is 5.53. The van der Waals surface area contributed by atoms with Gasteiger partial charge in [0.2, 0.25) is 0 Å². The average molecular weight is 424 g/mol. The average Bonchev–Trinajstić information content (AvgIpc) is 2.60. The highest BCUT2D eigenvalue weighted by atomic mass is 35.5. The van der Waals surface area contributed by atoms with Gasteiger partial charge in [-0.2, -0.15) is 0 Å². The first-order valence-electron chi connectivity index (χ1n) is 8.77. The van der Waals surface area contributed by atoms with Gasteiger partial charge in [-0.3, -0.25) is 0 Å². The molecule has 2 aromatic carbocycles. The summed E-state index contributed by atoms with van der Waals surface area (Å²) in [5.74, 6) is 0.641. The molecule has 1 atom stereocenters. The normalized spacial score (nSPS) is 12.2. The number of hydrogen-bond donors (Lipinski definition) is 1. The highest BCUT2D eigenvalue weighted by molar-refractivity contribution is 6.35. The van der Waals surface area contributed by atoms with Crippen molar-refractivity contribution in [3.63, 3.8) is 0 Å². The summed E-state index contributed by atoms with van der Waals surface area (Å²) in [6, 6.07) is 11.8. The molecule has 0 fully saturated rings. The van der Waals surface area contributed by atoms with Gasteiger partial charge in [-0.05, 0) is 57.0 Å². The highest BCUT2D eigenvalue weighted by Gasteiger charge is 2.19. The minimum atomic E-state index is -0.677. The van der Waals surface area contributed by atoms with Crippen LogP contribution in [-0.2, 0) is 22.6 Å². The van der Waals surface area contributed by atoms with Gasteiger partial charge in [0.05, 0.1) is 6.04 Å². The van der Waals surface area contributed by atoms with E-state index in [0.29, 0.717) is 28.5 Å². The quantitative estimate of drug-likeness (QED) is 0.620. The zero-order chi connectivity index (χ0) is 20.7. The molecule has 0 spiro atoms. The van der Waals surface area contributed by atoms with Crippen LogP contribution in [0.15, 0.2) is 42.5 Å². The number of hydrogen-bond acceptors (Lipinski definition) is 4. The molecule has 0 unspecified atom stereocenters. The van der Waals surface area contributed by atoms with Crippen molar-refractivity contribution in [1.29, 1.82) is 0 Å². The number of ether oxygens (including phenoxy) is 2. The second-order valence-electron chi connectivity index (χ2n) is 7.23. The molecule has 1 amide bonds. The summed E-state index contributed by atoms with van der Waals surface area (Å²) < 4.78 is 10.9. The van der Waals surface area contributed by atoms with E-state index in [9.17, 15) is 9.59 Å². The summed E-state index contributed by atoms with van der Waals surface area (Å²) in [6.07, 6.45) is 0.411. The van der Waals surface area contributed by atoms with E-state index in [1.807, 2.05) is 12.1 Å². The third kappa shape index (κ3) is 7.06. The van der Waals surface area contributed by atoms with Crippen LogP contribution in [0.5, 0.6) is 5.75 Å². The van der Waals surface area contributed by atoms with Gasteiger partial charge in [0.25, 0.3) is 0 Å². The maximum atomic E-state index is 11.8. The first-order chi connectivity index (χ1) is 13.2. The Bertz CT molecular complexity index is 796. The lowest BCUT2D eigenvalue weighted by Crippen LogP contribution is -2.41. The zero-order valence-corrected chi connectivity index (χ0v) is 17.5. The van der Waals surface area contributed by atoms with Gasteiger partial charge in [-0.25, -0.2) is 4.79 Å². The number of carbonyl (C=O) groups excluding carboxylic acids is 2. The molecule has 0 radical (unpaired) electrons. The number of carbonyl (C=O) groups is 2. The highest BCUT2D eigenvalue weighted by Crippen LogP contribution is 2.26. The number of nitrogens with one attached hydrogen (secondary N) is 1. The molecule has 0 aromatic heterocycles. The maximum absolute atomic E-state index is 11.8. The Kier molecular flexibility index (Phi) is 7.72. The van der Waals surface area contributed by atoms with E-state index in [1.54, 1.807) is 51.1 Å². The van der Waals surface area contributed by atoms with E-state index in [0.717, 1.165) is 11.1 Å². The number of benzene rings is 2. The Labute approximate surface area is 174 Å². The largest absolute Gasteiger partial charge is 0.489 e. The molecule has 0 saturated heterocycles. The summed E-state index contributed by atoms with van der Waals surface area (Å²) >= 11 is 12.3. The van der Waals surface area contributed by atoms with Crippen molar-refractivity contribution in [3.8, 4) is 5.75 Å². The predicted octanol–water partition coefficient (Wildman–Crippen LogP) is 5.21. The molecule has 2 aromatic rings. The first kappa shape index (κ1) is 22.1. The molecular formula is C21H23Cl2NO4. The minimum absolute atomic E-state index is 0.245. The third-order valence-electron chi connectivity index (χ3n) is 3.69. The van der Waals surface area contributed by atoms with Crippen molar-refractivity contribution in [2.45, 2.75) is 45.4 Å². The van der Waals surface area contributed by atoms with Crippen molar-refractivity contribution in [2.24, 2.45) is 0 Å². The second-order valence-corrected chi connectivity index (χ2v) is 8.04. The monoisotopic (exact) mass is 423 g/mol. The Morgan fingerprint density at radius 1 is 1.11 bits per heavy atom. The fraction of sp³-hybridized carbons (Fsp3) is 0.333. The number of halogens is 2. The van der Waals surface area contributed by atoms with E-state index in [4.69, 9.17) is 32.7 Å². The van der Waals surface area contributed by atoms with Crippen LogP contribution >= 0.6 is 23.2 Å². The van der Waals surface area contributed by atoms with Gasteiger partial charge in [0.15, 0.2) is 0 Å². The number of amides is 1. The van der Waals surface area contributed by atoms with Crippen LogP contribution in [0.4, 0.5) is 4.79 Å². The topological polar surface area (TPSA) is 64.6 Å². The van der Waals surface area contributed by atoms with Crippen LogP contribution in [0.2, 0.25) is 10.0 Å². The van der Waals surface area contributed by atoms with Crippen LogP contribution in [0.25, 0.3) is 0 Å². The van der Waals surface area contributed by atoms with Gasteiger partial charge >= 0.3 is 6.09 Å². The lowest BCUT2D eigenvalue weighted by Gasteiger charge is -2.21. The summed E-state index contributed by atoms with van der Waals surface area (Å²) in [5.41, 5.74) is 0.968. The van der Waals surface area contributed by atoms with Crippen molar-refractivity contribution < 1.29 is 19.1 Å². The Morgan fingerprint density at radius 2 is 1.71 bits per heavy atom. The molecular weight excluding hydrogens is 401 g/mol. The van der Waals surface area contributed by atoms with Crippen LogP contribution in [-0.4, -0.2) is 24.0 Å². The Morgan fingerprint density at radius 3 is 2.25 bits per heavy atom. The molecule has 5 nitrogen and oxygen atoms in total. The fourth-order valence-electron chi connectivity index (χ4n) is 2.39. The SMILES string of the molecule is CC(C)(C)OC(=O)N[C@H](C=O)Cc1ccc(OCc2c(Cl)cccc2Cl)cc1. The molecule has 0 aliphatic rings. The van der Waals surface area contributed by atoms with Gasteiger partial charge in [0, 0.05) is 15.6 Å². The smallest absolute Gasteiger partial charge is 0.408 e. The molecule has 0 bridgehead atoms. The van der Waals surface area contributed by atoms with E-state index < -0.39 is 17.7 Å². The van der Waals surface area contributed by atoms with Crippen molar-refractivity contribution >= 4 is 35.6 Å². The van der Waals surface area contributed by atoms with Crippen molar-refractivity contribution in [2.75, 3.05) is 0 Å². The van der Waals surface area contributed by atoms with Gasteiger partial charge in [-0.15, -0.1) is 0 Å². The standard InChI is InChI=1S/C21H23Cl2NO4/c1-21(2,3)28-20(26)24-15(12-25)11-14-7-9-16(10-8-14)27-13-17-18(22)5-4-6-19(17)23/h4-10,12,15H,11,13H2,1-3H3,(H,24,26)/t15-/m0/s1. The summed E-state index contributed by atoms with van der Waals surface area (Å²) in [7, 11) is 0. The molecule has 0 saturated carbocycles. The Hall–Kier alpha value is -2.24. The van der Waals surface area contributed by atoms with Crippen LogP contribution in [0.1, 0.15) is 31.9 Å². The van der Waals surface area contributed by atoms with Gasteiger partial charge in [0.1, 0.15) is 24.2 Å². The number of alkyl carbamates (subject to hydrolysis) is 1. The number of rotatable bonds is 7. The maximum Gasteiger partial charge on any atom is 0.408 e. The molecule has 7 heteroatoms. The lowest BCUT2D eigenvalue weighted by molar-refractivity contribution is -0.109. The first-order valence-corrected chi connectivity index (χ1v) is 9.53. The van der Waals surface area contributed by atoms with Gasteiger partial charge in [-0.1, -0.05) is 41.4 Å². The zero-order valence-electron chi connectivity index (χ0n) is 16.0. The predicted molar refractivity (Wildman–Crippen MR) is 110 cm³/mol. The van der Waals surface area contributed by atoms with E-state index in [1.165, 1.54) is 0 Å². The molecule has 0 aliphatic carbocycles. The Balaban J connectivity index is 1.92. The van der Waals surface area contributed by atoms with Crippen LogP contribution in [0, 0.1) is 0 Å². The van der Waals surface area contributed by atoms with Crippen molar-refractivity contribution in [1.82, 2.24) is 5.32 Å². The molecule has 150 valence electrons. The third-order valence-corrected chi connectivity index (χ3v) is 4.40. The summed E-state index contributed by atoms with van der Waals surface area (Å²) in [4.78, 5) is 23.1. The lowest BCUT2D eigenvalue weighted by atomic mass is 10.1. The fourth-order valence-corrected chi connectivity index (χ4v) is 2.90. The van der Waals surface area contributed by atoms with Crippen LogP contribution < -0.4 is 10.1 Å². The molecule has 28 heavy (non-hydrogen) atoms. The number of aldehydes is 1. The van der Waals surface area contributed by atoms with E-state index in [-0.39, 0.29) is 6.61 Å². The molecule has 0 heterocycles. The second kappa shape index (κ2) is 9.80. The molecule has 0 aliphatic heterocycles. The van der Waals surface area contributed by atoms with Crippen molar-refractivity contribution in [3.05, 3.63) is 63.6 Å². The van der Waals surface area contributed by atoms with E-state index in [2.05, 4.69) is 5.32 Å². The summed E-state index contributed by atoms with van der Waals surface area (Å²) in [5, 5.41) is 3.65. The minimum Gasteiger partial charge on any atom is -0.489 e. The van der Waals surface area contributed by atoms with Gasteiger partial charge < -0.3 is 19.6 Å². The molecule has 1 N–H and O–H groups in total. The molecule has 2 rings (SSSR count). The van der Waals surface area contributed by atoms with Crippen LogP contribution in [0.3, 0.4) is 0 Å². The van der Waals surface area contributed by atoms with E-state index >= 15 is 0 Å².